The summed E-state index contributed by atoms with van der Waals surface area (Å²) >= 11 is 0. The summed E-state index contributed by atoms with van der Waals surface area (Å²) in [5.41, 5.74) is 2.02. The van der Waals surface area contributed by atoms with Gasteiger partial charge in [-0.05, 0) is 24.6 Å². The van der Waals surface area contributed by atoms with Gasteiger partial charge < -0.3 is 9.88 Å². The topological polar surface area (TPSA) is 26.2 Å². The number of fused-ring (bicyclic) bond motifs is 1. The van der Waals surface area contributed by atoms with Crippen molar-refractivity contribution < 1.29 is 17.9 Å². The van der Waals surface area contributed by atoms with Gasteiger partial charge in [0.25, 0.3) is 0 Å². The largest absolute Gasteiger partial charge is 0.522 e. The van der Waals surface area contributed by atoms with Crippen molar-refractivity contribution in [3.63, 3.8) is 0 Å². The molecule has 6 heteroatoms. The minimum atomic E-state index is -4.57. The second kappa shape index (κ2) is 6.95. The van der Waals surface area contributed by atoms with E-state index in [2.05, 4.69) is 17.0 Å². The Morgan fingerprint density at radius 1 is 1.24 bits per heavy atom. The smallest absolute Gasteiger partial charge is 0.345 e. The van der Waals surface area contributed by atoms with Gasteiger partial charge in [0.2, 0.25) is 0 Å². The van der Waals surface area contributed by atoms with Crippen molar-refractivity contribution in [3.8, 4) is 0 Å². The first-order chi connectivity index (χ1) is 10.0. The molecule has 2 rings (SSSR count). The Morgan fingerprint density at radius 3 is 2.71 bits per heavy atom. The number of nitrogens with one attached hydrogen (secondary N) is 1. The van der Waals surface area contributed by atoms with Gasteiger partial charge in [-0.15, -0.1) is 13.2 Å². The maximum Gasteiger partial charge on any atom is 0.522 e. The third-order valence-electron chi connectivity index (χ3n) is 3.21. The van der Waals surface area contributed by atoms with Crippen molar-refractivity contribution in [1.82, 2.24) is 9.88 Å². The van der Waals surface area contributed by atoms with Gasteiger partial charge in [-0.2, -0.15) is 0 Å². The molecule has 0 spiro atoms. The summed E-state index contributed by atoms with van der Waals surface area (Å²) in [7, 11) is 0. The van der Waals surface area contributed by atoms with E-state index in [-0.39, 0.29) is 13.2 Å². The van der Waals surface area contributed by atoms with Gasteiger partial charge in [0.15, 0.2) is 0 Å². The Kier molecular flexibility index (Phi) is 5.25. The monoisotopic (exact) mass is 300 g/mol. The average molecular weight is 300 g/mol. The predicted molar refractivity (Wildman–Crippen MR) is 75.9 cm³/mol. The lowest BCUT2D eigenvalue weighted by Gasteiger charge is -2.08. The van der Waals surface area contributed by atoms with Gasteiger partial charge in [0.1, 0.15) is 0 Å². The maximum atomic E-state index is 12.0. The second-order valence-corrected chi connectivity index (χ2v) is 4.84. The van der Waals surface area contributed by atoms with Crippen molar-refractivity contribution in [2.24, 2.45) is 0 Å². The van der Waals surface area contributed by atoms with Crippen LogP contribution in [0.4, 0.5) is 13.2 Å². The van der Waals surface area contributed by atoms with E-state index in [0.29, 0.717) is 6.54 Å². The van der Waals surface area contributed by atoms with E-state index in [0.717, 1.165) is 29.4 Å². The minimum absolute atomic E-state index is 0.174. The normalized spacial score (nSPS) is 12.2. The van der Waals surface area contributed by atoms with E-state index < -0.39 is 6.36 Å². The van der Waals surface area contributed by atoms with Crippen molar-refractivity contribution in [3.05, 3.63) is 36.0 Å². The van der Waals surface area contributed by atoms with Gasteiger partial charge in [0.05, 0.1) is 6.61 Å². The Labute approximate surface area is 121 Å². The molecule has 0 aliphatic rings. The Bertz CT molecular complexity index is 578. The zero-order chi connectivity index (χ0) is 15.3. The van der Waals surface area contributed by atoms with Crippen LogP contribution in [0, 0.1) is 0 Å². The molecule has 21 heavy (non-hydrogen) atoms. The summed E-state index contributed by atoms with van der Waals surface area (Å²) in [5.74, 6) is 0. The molecule has 0 atom stereocenters. The van der Waals surface area contributed by atoms with Crippen LogP contribution in [0.5, 0.6) is 0 Å². The molecule has 0 aliphatic heterocycles. The molecule has 0 amide bonds. The van der Waals surface area contributed by atoms with Crippen molar-refractivity contribution in [2.45, 2.75) is 32.8 Å². The summed E-state index contributed by atoms with van der Waals surface area (Å²) < 4.78 is 41.8. The quantitative estimate of drug-likeness (QED) is 0.790. The Morgan fingerprint density at radius 2 is 2.00 bits per heavy atom. The van der Waals surface area contributed by atoms with Gasteiger partial charge in [-0.1, -0.05) is 25.1 Å². The molecular weight excluding hydrogens is 281 g/mol. The van der Waals surface area contributed by atoms with Crippen LogP contribution >= 0.6 is 0 Å². The average Bonchev–Trinajstić information content (AvgIpc) is 2.77. The number of para-hydroxylation sites is 1. The van der Waals surface area contributed by atoms with E-state index in [1.54, 1.807) is 0 Å². The SMILES string of the molecule is CCCNCc1cn(CCOC(F)(F)F)c2ccccc12. The Balaban J connectivity index is 2.11. The van der Waals surface area contributed by atoms with Gasteiger partial charge in [0, 0.05) is 30.2 Å². The fourth-order valence-corrected chi connectivity index (χ4v) is 2.31. The zero-order valence-electron chi connectivity index (χ0n) is 11.9. The minimum Gasteiger partial charge on any atom is -0.345 e. The van der Waals surface area contributed by atoms with Crippen LogP contribution in [0.3, 0.4) is 0 Å². The number of hydrogen-bond acceptors (Lipinski definition) is 2. The molecule has 0 unspecified atom stereocenters. The molecule has 1 N–H and O–H groups in total. The molecule has 0 radical (unpaired) electrons. The lowest BCUT2D eigenvalue weighted by molar-refractivity contribution is -0.325. The van der Waals surface area contributed by atoms with Crippen LogP contribution in [0.15, 0.2) is 30.5 Å². The second-order valence-electron chi connectivity index (χ2n) is 4.84. The van der Waals surface area contributed by atoms with Gasteiger partial charge in [-0.3, -0.25) is 4.74 Å². The van der Waals surface area contributed by atoms with E-state index in [9.17, 15) is 13.2 Å². The zero-order valence-corrected chi connectivity index (χ0v) is 11.9. The molecule has 0 saturated heterocycles. The number of hydrogen-bond donors (Lipinski definition) is 1. The highest BCUT2D eigenvalue weighted by atomic mass is 19.4. The summed E-state index contributed by atoms with van der Waals surface area (Å²) in [6.45, 7) is 3.50. The molecule has 2 aromatic rings. The first-order valence-electron chi connectivity index (χ1n) is 6.99. The summed E-state index contributed by atoms with van der Waals surface area (Å²) in [6, 6.07) is 7.71. The highest BCUT2D eigenvalue weighted by molar-refractivity contribution is 5.83. The maximum absolute atomic E-state index is 12.0. The van der Waals surface area contributed by atoms with E-state index in [4.69, 9.17) is 0 Å². The van der Waals surface area contributed by atoms with Gasteiger partial charge in [-0.25, -0.2) is 0 Å². The molecule has 0 bridgehead atoms. The van der Waals surface area contributed by atoms with Crippen LogP contribution in [0.25, 0.3) is 10.9 Å². The van der Waals surface area contributed by atoms with Crippen molar-refractivity contribution >= 4 is 10.9 Å². The Hall–Kier alpha value is -1.53. The molecule has 0 saturated carbocycles. The van der Waals surface area contributed by atoms with E-state index >= 15 is 0 Å². The summed E-state index contributed by atoms with van der Waals surface area (Å²) in [4.78, 5) is 0. The van der Waals surface area contributed by atoms with Crippen LogP contribution in [-0.4, -0.2) is 24.1 Å². The van der Waals surface area contributed by atoms with Crippen molar-refractivity contribution in [2.75, 3.05) is 13.2 Å². The number of rotatable bonds is 7. The molecular formula is C15H19F3N2O. The fraction of sp³-hybridized carbons (Fsp3) is 0.467. The fourth-order valence-electron chi connectivity index (χ4n) is 2.31. The molecule has 116 valence electrons. The molecule has 3 nitrogen and oxygen atoms in total. The molecule has 1 aromatic carbocycles. The third kappa shape index (κ3) is 4.47. The summed E-state index contributed by atoms with van der Waals surface area (Å²) in [6.07, 6.45) is -1.64. The number of nitrogens with zero attached hydrogens (tertiary/aromatic N) is 1. The van der Waals surface area contributed by atoms with Gasteiger partial charge >= 0.3 is 6.36 Å². The first kappa shape index (κ1) is 15.9. The molecule has 1 aromatic heterocycles. The number of ether oxygens (including phenoxy) is 1. The van der Waals surface area contributed by atoms with E-state index in [1.807, 2.05) is 35.0 Å². The summed E-state index contributed by atoms with van der Waals surface area (Å²) in [5, 5.41) is 4.38. The number of alkyl halides is 3. The third-order valence-corrected chi connectivity index (χ3v) is 3.21. The highest BCUT2D eigenvalue weighted by Gasteiger charge is 2.28. The van der Waals surface area contributed by atoms with Crippen LogP contribution < -0.4 is 5.32 Å². The van der Waals surface area contributed by atoms with Crippen LogP contribution in [-0.2, 0) is 17.8 Å². The standard InChI is InChI=1S/C15H19F3N2O/c1-2-7-19-10-12-11-20(8-9-21-15(16,17)18)14-6-4-3-5-13(12)14/h3-6,11,19H,2,7-10H2,1H3. The lowest BCUT2D eigenvalue weighted by Crippen LogP contribution is -2.17. The van der Waals surface area contributed by atoms with Crippen molar-refractivity contribution in [1.29, 1.82) is 0 Å². The number of aromatic nitrogens is 1. The molecule has 0 fully saturated rings. The van der Waals surface area contributed by atoms with Crippen LogP contribution in [0.2, 0.25) is 0 Å². The lowest BCUT2D eigenvalue weighted by atomic mass is 10.2. The van der Waals surface area contributed by atoms with E-state index in [1.165, 1.54) is 0 Å². The first-order valence-corrected chi connectivity index (χ1v) is 6.99. The predicted octanol–water partition coefficient (Wildman–Crippen LogP) is 3.68. The van der Waals surface area contributed by atoms with Crippen LogP contribution in [0.1, 0.15) is 18.9 Å². The highest BCUT2D eigenvalue weighted by Crippen LogP contribution is 2.22. The molecule has 0 aliphatic carbocycles. The molecule has 1 heterocycles. The number of benzene rings is 1. The number of halogens is 3.